The number of amides is 1. The standard InChI is InChI=1S/C16H20ClNO3/c1-16(2)8-4-7-13(16)15(21)18(10-14(19)20)12-6-3-5-11(17)9-12/h3,5-6,9,13H,4,7-8,10H2,1-2H3,(H,19,20). The Morgan fingerprint density at radius 1 is 1.43 bits per heavy atom. The van der Waals surface area contributed by atoms with Crippen LogP contribution in [-0.4, -0.2) is 23.5 Å². The van der Waals surface area contributed by atoms with Crippen LogP contribution in [0.15, 0.2) is 24.3 Å². The fourth-order valence-corrected chi connectivity index (χ4v) is 3.23. The highest BCUT2D eigenvalue weighted by molar-refractivity contribution is 6.31. The first-order chi connectivity index (χ1) is 9.81. The van der Waals surface area contributed by atoms with E-state index in [-0.39, 0.29) is 23.8 Å². The molecule has 1 N–H and O–H groups in total. The van der Waals surface area contributed by atoms with E-state index in [9.17, 15) is 9.59 Å². The van der Waals surface area contributed by atoms with E-state index in [1.807, 2.05) is 0 Å². The number of halogens is 1. The molecule has 1 unspecified atom stereocenters. The third kappa shape index (κ3) is 3.56. The molecule has 0 aromatic heterocycles. The number of nitrogens with zero attached hydrogens (tertiary/aromatic N) is 1. The lowest BCUT2D eigenvalue weighted by molar-refractivity contribution is -0.137. The number of benzene rings is 1. The summed E-state index contributed by atoms with van der Waals surface area (Å²) in [5, 5.41) is 9.60. The van der Waals surface area contributed by atoms with Crippen molar-refractivity contribution in [1.82, 2.24) is 0 Å². The lowest BCUT2D eigenvalue weighted by Crippen LogP contribution is -2.42. The van der Waals surface area contributed by atoms with E-state index < -0.39 is 5.97 Å². The number of aliphatic carboxylic acids is 1. The molecule has 0 heterocycles. The molecular formula is C16H20ClNO3. The summed E-state index contributed by atoms with van der Waals surface area (Å²) in [6, 6.07) is 6.77. The molecule has 0 radical (unpaired) electrons. The molecule has 21 heavy (non-hydrogen) atoms. The number of carboxylic acids is 1. The van der Waals surface area contributed by atoms with Crippen molar-refractivity contribution in [1.29, 1.82) is 0 Å². The minimum atomic E-state index is -1.03. The second-order valence-electron chi connectivity index (χ2n) is 6.23. The van der Waals surface area contributed by atoms with Crippen LogP contribution in [0.2, 0.25) is 5.02 Å². The molecule has 1 aliphatic carbocycles. The first-order valence-corrected chi connectivity index (χ1v) is 7.48. The molecule has 1 atom stereocenters. The minimum absolute atomic E-state index is 0.0909. The summed E-state index contributed by atoms with van der Waals surface area (Å²) in [5.74, 6) is -1.29. The third-order valence-corrected chi connectivity index (χ3v) is 4.47. The van der Waals surface area contributed by atoms with Gasteiger partial charge >= 0.3 is 5.97 Å². The monoisotopic (exact) mass is 309 g/mol. The predicted molar refractivity (Wildman–Crippen MR) is 82.6 cm³/mol. The molecule has 0 aliphatic heterocycles. The number of hydrogen-bond donors (Lipinski definition) is 1. The molecule has 5 heteroatoms. The number of anilines is 1. The largest absolute Gasteiger partial charge is 0.480 e. The number of hydrogen-bond acceptors (Lipinski definition) is 2. The SMILES string of the molecule is CC1(C)CCCC1C(=O)N(CC(=O)O)c1cccc(Cl)c1. The maximum Gasteiger partial charge on any atom is 0.323 e. The minimum Gasteiger partial charge on any atom is -0.480 e. The molecule has 0 bridgehead atoms. The normalized spacial score (nSPS) is 20.2. The van der Waals surface area contributed by atoms with Crippen LogP contribution in [0.5, 0.6) is 0 Å². The zero-order valence-corrected chi connectivity index (χ0v) is 13.1. The van der Waals surface area contributed by atoms with Crippen LogP contribution in [0.4, 0.5) is 5.69 Å². The first-order valence-electron chi connectivity index (χ1n) is 7.10. The lowest BCUT2D eigenvalue weighted by atomic mass is 9.81. The molecule has 1 saturated carbocycles. The van der Waals surface area contributed by atoms with E-state index in [2.05, 4.69) is 13.8 Å². The van der Waals surface area contributed by atoms with Crippen LogP contribution < -0.4 is 4.90 Å². The van der Waals surface area contributed by atoms with Crippen molar-refractivity contribution in [3.8, 4) is 0 Å². The molecule has 1 aromatic rings. The Morgan fingerprint density at radius 2 is 2.14 bits per heavy atom. The Balaban J connectivity index is 2.32. The number of carboxylic acid groups (broad SMARTS) is 1. The molecule has 0 spiro atoms. The highest BCUT2D eigenvalue weighted by Crippen LogP contribution is 2.44. The molecule has 0 saturated heterocycles. The van der Waals surface area contributed by atoms with Gasteiger partial charge in [0.25, 0.3) is 0 Å². The van der Waals surface area contributed by atoms with Gasteiger partial charge in [-0.25, -0.2) is 0 Å². The van der Waals surface area contributed by atoms with Crippen LogP contribution in [0.25, 0.3) is 0 Å². The van der Waals surface area contributed by atoms with Crippen LogP contribution in [-0.2, 0) is 9.59 Å². The van der Waals surface area contributed by atoms with Gasteiger partial charge in [-0.05, 0) is 36.5 Å². The lowest BCUT2D eigenvalue weighted by Gasteiger charge is -2.31. The topological polar surface area (TPSA) is 57.6 Å². The van der Waals surface area contributed by atoms with Gasteiger partial charge in [0, 0.05) is 16.6 Å². The van der Waals surface area contributed by atoms with Gasteiger partial charge in [0.2, 0.25) is 5.91 Å². The van der Waals surface area contributed by atoms with Crippen molar-refractivity contribution in [2.75, 3.05) is 11.4 Å². The van der Waals surface area contributed by atoms with Crippen molar-refractivity contribution >= 4 is 29.2 Å². The first kappa shape index (κ1) is 15.8. The van der Waals surface area contributed by atoms with Crippen molar-refractivity contribution in [2.45, 2.75) is 33.1 Å². The average molecular weight is 310 g/mol. The van der Waals surface area contributed by atoms with Gasteiger partial charge in [-0.3, -0.25) is 9.59 Å². The van der Waals surface area contributed by atoms with E-state index in [4.69, 9.17) is 16.7 Å². The Labute approximate surface area is 129 Å². The zero-order chi connectivity index (χ0) is 15.6. The average Bonchev–Trinajstić information content (AvgIpc) is 2.74. The summed E-state index contributed by atoms with van der Waals surface area (Å²) < 4.78 is 0. The maximum atomic E-state index is 12.8. The summed E-state index contributed by atoms with van der Waals surface area (Å²) in [5.41, 5.74) is 0.449. The molecule has 1 fully saturated rings. The van der Waals surface area contributed by atoms with Gasteiger partial charge < -0.3 is 10.0 Å². The fourth-order valence-electron chi connectivity index (χ4n) is 3.05. The maximum absolute atomic E-state index is 12.8. The fraction of sp³-hybridized carbons (Fsp3) is 0.500. The quantitative estimate of drug-likeness (QED) is 0.924. The molecule has 1 aliphatic rings. The van der Waals surface area contributed by atoms with E-state index in [1.54, 1.807) is 24.3 Å². The number of rotatable bonds is 4. The second-order valence-corrected chi connectivity index (χ2v) is 6.67. The summed E-state index contributed by atoms with van der Waals surface area (Å²) in [6.45, 7) is 3.80. The molecule has 114 valence electrons. The summed E-state index contributed by atoms with van der Waals surface area (Å²) >= 11 is 5.96. The number of carbonyl (C=O) groups is 2. The molecule has 1 aromatic carbocycles. The molecule has 4 nitrogen and oxygen atoms in total. The van der Waals surface area contributed by atoms with Crippen LogP contribution in [0.3, 0.4) is 0 Å². The highest BCUT2D eigenvalue weighted by atomic mass is 35.5. The van der Waals surface area contributed by atoms with Gasteiger partial charge in [-0.1, -0.05) is 37.9 Å². The van der Waals surface area contributed by atoms with Crippen LogP contribution >= 0.6 is 11.6 Å². The van der Waals surface area contributed by atoms with Crippen molar-refractivity contribution in [3.63, 3.8) is 0 Å². The van der Waals surface area contributed by atoms with Gasteiger partial charge in [-0.15, -0.1) is 0 Å². The Bertz CT molecular complexity index is 556. The summed E-state index contributed by atoms with van der Waals surface area (Å²) in [7, 11) is 0. The second kappa shape index (κ2) is 6.06. The van der Waals surface area contributed by atoms with Gasteiger partial charge in [-0.2, -0.15) is 0 Å². The smallest absolute Gasteiger partial charge is 0.323 e. The van der Waals surface area contributed by atoms with Gasteiger partial charge in [0.05, 0.1) is 0 Å². The van der Waals surface area contributed by atoms with E-state index in [0.717, 1.165) is 19.3 Å². The molecule has 2 rings (SSSR count). The Hall–Kier alpha value is -1.55. The van der Waals surface area contributed by atoms with E-state index in [1.165, 1.54) is 4.90 Å². The molecule has 1 amide bonds. The Morgan fingerprint density at radius 3 is 2.67 bits per heavy atom. The third-order valence-electron chi connectivity index (χ3n) is 4.23. The molecular weight excluding hydrogens is 290 g/mol. The Kier molecular flexibility index (Phi) is 4.57. The summed E-state index contributed by atoms with van der Waals surface area (Å²) in [4.78, 5) is 25.3. The number of carbonyl (C=O) groups excluding carboxylic acids is 1. The van der Waals surface area contributed by atoms with Gasteiger partial charge in [0.15, 0.2) is 0 Å². The van der Waals surface area contributed by atoms with Gasteiger partial charge in [0.1, 0.15) is 6.54 Å². The van der Waals surface area contributed by atoms with Crippen LogP contribution in [0, 0.1) is 11.3 Å². The van der Waals surface area contributed by atoms with Crippen LogP contribution in [0.1, 0.15) is 33.1 Å². The summed E-state index contributed by atoms with van der Waals surface area (Å²) in [6.07, 6.45) is 2.79. The zero-order valence-electron chi connectivity index (χ0n) is 12.3. The highest BCUT2D eigenvalue weighted by Gasteiger charge is 2.41. The predicted octanol–water partition coefficient (Wildman–Crippen LogP) is 3.58. The van der Waals surface area contributed by atoms with Crippen molar-refractivity contribution in [3.05, 3.63) is 29.3 Å². The van der Waals surface area contributed by atoms with E-state index >= 15 is 0 Å². The van der Waals surface area contributed by atoms with E-state index in [0.29, 0.717) is 10.7 Å². The van der Waals surface area contributed by atoms with Crippen molar-refractivity contribution < 1.29 is 14.7 Å². The van der Waals surface area contributed by atoms with Crippen molar-refractivity contribution in [2.24, 2.45) is 11.3 Å².